The summed E-state index contributed by atoms with van der Waals surface area (Å²) in [5.74, 6) is 0.842. The van der Waals surface area contributed by atoms with Gasteiger partial charge in [0.15, 0.2) is 0 Å². The molecule has 2 amide bonds. The molecule has 6 nitrogen and oxygen atoms in total. The van der Waals surface area contributed by atoms with Crippen molar-refractivity contribution in [2.45, 2.75) is 64.0 Å². The zero-order valence-electron chi connectivity index (χ0n) is 15.6. The maximum absolute atomic E-state index is 13.0. The van der Waals surface area contributed by atoms with Crippen molar-refractivity contribution in [3.63, 3.8) is 0 Å². The molecule has 0 saturated carbocycles. The molecule has 3 fully saturated rings. The Balaban J connectivity index is 1.47. The number of amides is 2. The molecule has 3 saturated heterocycles. The van der Waals surface area contributed by atoms with Crippen LogP contribution < -0.4 is 10.6 Å². The van der Waals surface area contributed by atoms with Crippen LogP contribution in [0, 0.1) is 5.92 Å². The quantitative estimate of drug-likeness (QED) is 0.749. The molecule has 142 valence electrons. The van der Waals surface area contributed by atoms with Crippen LogP contribution in [0.25, 0.3) is 0 Å². The second kappa shape index (κ2) is 8.99. The van der Waals surface area contributed by atoms with E-state index in [0.717, 1.165) is 77.7 Å². The number of nitrogens with zero attached hydrogens (tertiary/aromatic N) is 2. The Morgan fingerprint density at radius 2 is 1.96 bits per heavy atom. The van der Waals surface area contributed by atoms with Crippen LogP contribution in [0.4, 0.5) is 0 Å². The lowest BCUT2D eigenvalue weighted by atomic mass is 9.97. The first kappa shape index (κ1) is 18.6. The molecule has 25 heavy (non-hydrogen) atoms. The third kappa shape index (κ3) is 4.73. The number of likely N-dealkylation sites (tertiary alicyclic amines) is 2. The van der Waals surface area contributed by atoms with E-state index in [-0.39, 0.29) is 18.0 Å². The van der Waals surface area contributed by atoms with Gasteiger partial charge in [-0.15, -0.1) is 0 Å². The molecule has 6 heteroatoms. The van der Waals surface area contributed by atoms with Crippen molar-refractivity contribution >= 4 is 11.8 Å². The molecule has 3 aliphatic rings. The number of rotatable bonds is 6. The number of carbonyl (C=O) groups excluding carboxylic acids is 2. The molecule has 3 heterocycles. The van der Waals surface area contributed by atoms with E-state index >= 15 is 0 Å². The van der Waals surface area contributed by atoms with E-state index in [1.54, 1.807) is 0 Å². The Morgan fingerprint density at radius 1 is 1.12 bits per heavy atom. The van der Waals surface area contributed by atoms with Crippen LogP contribution in [0.3, 0.4) is 0 Å². The number of hydrogen-bond donors (Lipinski definition) is 2. The van der Waals surface area contributed by atoms with Gasteiger partial charge in [-0.3, -0.25) is 14.5 Å². The lowest BCUT2D eigenvalue weighted by Gasteiger charge is -2.36. The highest BCUT2D eigenvalue weighted by Gasteiger charge is 2.35. The number of hydrogen-bond acceptors (Lipinski definition) is 4. The summed E-state index contributed by atoms with van der Waals surface area (Å²) >= 11 is 0. The summed E-state index contributed by atoms with van der Waals surface area (Å²) in [7, 11) is 0. The molecule has 3 rings (SSSR count). The summed E-state index contributed by atoms with van der Waals surface area (Å²) in [6.07, 6.45) is 7.42. The fourth-order valence-corrected chi connectivity index (χ4v) is 4.58. The summed E-state index contributed by atoms with van der Waals surface area (Å²) in [5.41, 5.74) is 0. The van der Waals surface area contributed by atoms with Gasteiger partial charge in [-0.05, 0) is 70.5 Å². The normalized spacial score (nSPS) is 30.6. The summed E-state index contributed by atoms with van der Waals surface area (Å²) in [5, 5.41) is 6.35. The highest BCUT2D eigenvalue weighted by Crippen LogP contribution is 2.23. The number of piperidine rings is 1. The van der Waals surface area contributed by atoms with Gasteiger partial charge in [-0.1, -0.05) is 6.92 Å². The van der Waals surface area contributed by atoms with E-state index < -0.39 is 0 Å². The van der Waals surface area contributed by atoms with Crippen molar-refractivity contribution in [3.8, 4) is 0 Å². The van der Waals surface area contributed by atoms with E-state index in [1.165, 1.54) is 0 Å². The molecule has 0 spiro atoms. The van der Waals surface area contributed by atoms with Gasteiger partial charge in [0.05, 0.1) is 12.1 Å². The van der Waals surface area contributed by atoms with Gasteiger partial charge in [0.2, 0.25) is 11.8 Å². The van der Waals surface area contributed by atoms with Crippen LogP contribution in [0.5, 0.6) is 0 Å². The fraction of sp³-hybridized carbons (Fsp3) is 0.895. The van der Waals surface area contributed by atoms with Crippen LogP contribution in [0.2, 0.25) is 0 Å². The lowest BCUT2D eigenvalue weighted by molar-refractivity contribution is -0.137. The van der Waals surface area contributed by atoms with Gasteiger partial charge < -0.3 is 15.5 Å². The SMILES string of the molecule is CCCN1CCCC1C(=O)N1CCCC(CNC(=O)C2CCCN2)C1. The van der Waals surface area contributed by atoms with Crippen molar-refractivity contribution in [2.24, 2.45) is 5.92 Å². The minimum Gasteiger partial charge on any atom is -0.354 e. The molecule has 3 aliphatic heterocycles. The van der Waals surface area contributed by atoms with Crippen LogP contribution >= 0.6 is 0 Å². The zero-order valence-corrected chi connectivity index (χ0v) is 15.6. The summed E-state index contributed by atoms with van der Waals surface area (Å²) in [6.45, 7) is 7.59. The Hall–Kier alpha value is -1.14. The van der Waals surface area contributed by atoms with E-state index in [2.05, 4.69) is 27.4 Å². The van der Waals surface area contributed by atoms with E-state index in [1.807, 2.05) is 0 Å². The molecule has 0 aromatic rings. The standard InChI is InChI=1S/C19H34N4O2/c1-2-10-22-11-5-8-17(22)19(25)23-12-4-6-15(14-23)13-21-18(24)16-7-3-9-20-16/h15-17,20H,2-14H2,1H3,(H,21,24). The largest absolute Gasteiger partial charge is 0.354 e. The van der Waals surface area contributed by atoms with Crippen molar-refractivity contribution in [2.75, 3.05) is 39.3 Å². The Labute approximate surface area is 151 Å². The second-order valence-electron chi connectivity index (χ2n) is 7.88. The first-order valence-corrected chi connectivity index (χ1v) is 10.2. The zero-order chi connectivity index (χ0) is 17.6. The first-order chi connectivity index (χ1) is 12.2. The summed E-state index contributed by atoms with van der Waals surface area (Å²) in [6, 6.07) is 0.0818. The minimum absolute atomic E-state index is 0.0117. The van der Waals surface area contributed by atoms with Crippen LogP contribution in [-0.2, 0) is 9.59 Å². The van der Waals surface area contributed by atoms with Crippen molar-refractivity contribution in [3.05, 3.63) is 0 Å². The predicted octanol–water partition coefficient (Wildman–Crippen LogP) is 0.968. The average molecular weight is 351 g/mol. The van der Waals surface area contributed by atoms with Gasteiger partial charge in [-0.2, -0.15) is 0 Å². The summed E-state index contributed by atoms with van der Waals surface area (Å²) in [4.78, 5) is 29.6. The predicted molar refractivity (Wildman–Crippen MR) is 98.2 cm³/mol. The average Bonchev–Trinajstić information content (AvgIpc) is 3.31. The second-order valence-corrected chi connectivity index (χ2v) is 7.88. The van der Waals surface area contributed by atoms with E-state index in [0.29, 0.717) is 18.4 Å². The molecular formula is C19H34N4O2. The third-order valence-corrected chi connectivity index (χ3v) is 5.93. The lowest BCUT2D eigenvalue weighted by Crippen LogP contribution is -2.51. The summed E-state index contributed by atoms with van der Waals surface area (Å²) < 4.78 is 0. The molecule has 0 aromatic carbocycles. The highest BCUT2D eigenvalue weighted by molar-refractivity contribution is 5.83. The number of carbonyl (C=O) groups is 2. The van der Waals surface area contributed by atoms with Gasteiger partial charge in [0.1, 0.15) is 0 Å². The molecule has 0 aromatic heterocycles. The molecular weight excluding hydrogens is 316 g/mol. The van der Waals surface area contributed by atoms with Crippen molar-refractivity contribution in [1.29, 1.82) is 0 Å². The maximum Gasteiger partial charge on any atom is 0.239 e. The Morgan fingerprint density at radius 3 is 2.72 bits per heavy atom. The molecule has 0 aliphatic carbocycles. The third-order valence-electron chi connectivity index (χ3n) is 5.93. The fourth-order valence-electron chi connectivity index (χ4n) is 4.58. The van der Waals surface area contributed by atoms with Gasteiger partial charge >= 0.3 is 0 Å². The molecule has 0 bridgehead atoms. The monoisotopic (exact) mass is 350 g/mol. The van der Waals surface area contributed by atoms with E-state index in [4.69, 9.17) is 0 Å². The first-order valence-electron chi connectivity index (χ1n) is 10.2. The van der Waals surface area contributed by atoms with Gasteiger partial charge in [-0.25, -0.2) is 0 Å². The molecule has 2 N–H and O–H groups in total. The molecule has 0 radical (unpaired) electrons. The smallest absolute Gasteiger partial charge is 0.239 e. The molecule has 3 atom stereocenters. The Kier molecular flexibility index (Phi) is 6.70. The highest BCUT2D eigenvalue weighted by atomic mass is 16.2. The Bertz CT molecular complexity index is 464. The van der Waals surface area contributed by atoms with Crippen molar-refractivity contribution in [1.82, 2.24) is 20.4 Å². The van der Waals surface area contributed by atoms with Crippen LogP contribution in [0.1, 0.15) is 51.9 Å². The van der Waals surface area contributed by atoms with Gasteiger partial charge in [0.25, 0.3) is 0 Å². The maximum atomic E-state index is 13.0. The van der Waals surface area contributed by atoms with Crippen LogP contribution in [-0.4, -0.2) is 73.0 Å². The number of nitrogens with one attached hydrogen (secondary N) is 2. The van der Waals surface area contributed by atoms with E-state index in [9.17, 15) is 9.59 Å². The molecule has 3 unspecified atom stereocenters. The van der Waals surface area contributed by atoms with Crippen LogP contribution in [0.15, 0.2) is 0 Å². The van der Waals surface area contributed by atoms with Gasteiger partial charge in [0, 0.05) is 19.6 Å². The minimum atomic E-state index is -0.0117. The topological polar surface area (TPSA) is 64.7 Å². The van der Waals surface area contributed by atoms with Crippen molar-refractivity contribution < 1.29 is 9.59 Å².